The summed E-state index contributed by atoms with van der Waals surface area (Å²) in [4.78, 5) is 44.1. The number of aromatic nitrogens is 2. The number of carbonyl (C=O) groups is 3. The number of nitriles is 1. The molecule has 1 aliphatic carbocycles. The number of rotatable bonds is 6. The molecule has 1 aromatic carbocycles. The van der Waals surface area contributed by atoms with Crippen LogP contribution in [0.2, 0.25) is 5.02 Å². The molecule has 0 atom stereocenters. The van der Waals surface area contributed by atoms with Crippen molar-refractivity contribution in [3.8, 4) is 11.8 Å². The molecular weight excluding hydrogens is 610 g/mol. The number of nitrogens with zero attached hydrogens (tertiary/aromatic N) is 6. The Hall–Kier alpha value is -4.11. The van der Waals surface area contributed by atoms with E-state index in [0.29, 0.717) is 74.3 Å². The number of halogens is 1. The molecule has 246 valence electrons. The van der Waals surface area contributed by atoms with E-state index in [-0.39, 0.29) is 41.7 Å². The van der Waals surface area contributed by atoms with Crippen LogP contribution in [-0.2, 0) is 9.53 Å². The summed E-state index contributed by atoms with van der Waals surface area (Å²) in [5.74, 6) is 1.15. The van der Waals surface area contributed by atoms with Gasteiger partial charge in [0.2, 0.25) is 5.91 Å². The van der Waals surface area contributed by atoms with E-state index >= 15 is 0 Å². The summed E-state index contributed by atoms with van der Waals surface area (Å²) >= 11 is 6.12. The van der Waals surface area contributed by atoms with Gasteiger partial charge in [-0.15, -0.1) is 10.2 Å². The lowest BCUT2D eigenvalue weighted by molar-refractivity contribution is -0.138. The van der Waals surface area contributed by atoms with Crippen molar-refractivity contribution in [1.29, 1.82) is 5.26 Å². The first-order valence-electron chi connectivity index (χ1n) is 16.0. The maximum atomic E-state index is 13.2. The average molecular weight is 652 g/mol. The van der Waals surface area contributed by atoms with Gasteiger partial charge in [-0.3, -0.25) is 9.59 Å². The highest BCUT2D eigenvalue weighted by Crippen LogP contribution is 2.28. The van der Waals surface area contributed by atoms with Crippen LogP contribution in [-0.4, -0.2) is 94.9 Å². The zero-order valence-electron chi connectivity index (χ0n) is 26.7. The molecule has 2 aromatic rings. The number of hydrogen-bond donors (Lipinski definition) is 1. The van der Waals surface area contributed by atoms with Gasteiger partial charge in [-0.25, -0.2) is 4.79 Å². The minimum atomic E-state index is -0.544. The van der Waals surface area contributed by atoms with E-state index in [0.717, 1.165) is 25.7 Å². The van der Waals surface area contributed by atoms with Crippen molar-refractivity contribution in [2.45, 2.75) is 77.0 Å². The fourth-order valence-electron chi connectivity index (χ4n) is 6.10. The molecule has 5 rings (SSSR count). The van der Waals surface area contributed by atoms with Gasteiger partial charge in [-0.1, -0.05) is 11.6 Å². The quantitative estimate of drug-likeness (QED) is 0.481. The van der Waals surface area contributed by atoms with Crippen molar-refractivity contribution in [3.63, 3.8) is 0 Å². The summed E-state index contributed by atoms with van der Waals surface area (Å²) in [5.41, 5.74) is 0.139. The Balaban J connectivity index is 1.02. The van der Waals surface area contributed by atoms with Gasteiger partial charge in [-0.2, -0.15) is 5.26 Å². The molecule has 1 aromatic heterocycles. The van der Waals surface area contributed by atoms with E-state index in [4.69, 9.17) is 26.3 Å². The molecule has 1 N–H and O–H groups in total. The zero-order valence-corrected chi connectivity index (χ0v) is 27.5. The van der Waals surface area contributed by atoms with Crippen LogP contribution >= 0.6 is 11.6 Å². The number of piperazine rings is 1. The monoisotopic (exact) mass is 651 g/mol. The van der Waals surface area contributed by atoms with E-state index in [2.05, 4.69) is 20.4 Å². The summed E-state index contributed by atoms with van der Waals surface area (Å²) in [6.45, 7) is 8.85. The van der Waals surface area contributed by atoms with Gasteiger partial charge in [0.05, 0.1) is 16.7 Å². The molecule has 0 spiro atoms. The Kier molecular flexibility index (Phi) is 10.5. The first-order chi connectivity index (χ1) is 22.0. The van der Waals surface area contributed by atoms with Gasteiger partial charge < -0.3 is 29.5 Å². The van der Waals surface area contributed by atoms with Gasteiger partial charge >= 0.3 is 6.09 Å². The van der Waals surface area contributed by atoms with E-state index in [1.807, 2.05) is 37.8 Å². The lowest BCUT2D eigenvalue weighted by Crippen LogP contribution is -2.53. The Morgan fingerprint density at radius 3 is 2.17 bits per heavy atom. The van der Waals surface area contributed by atoms with Crippen LogP contribution in [0, 0.1) is 17.2 Å². The van der Waals surface area contributed by atoms with Crippen molar-refractivity contribution in [2.75, 3.05) is 44.2 Å². The van der Waals surface area contributed by atoms with Crippen molar-refractivity contribution in [2.24, 2.45) is 5.92 Å². The average Bonchev–Trinajstić information content (AvgIpc) is 3.05. The molecule has 0 bridgehead atoms. The van der Waals surface area contributed by atoms with Gasteiger partial charge in [0.15, 0.2) is 11.5 Å². The standard InChI is InChI=1S/C33H42ClN7O5/c1-33(2,3)46-32(44)41-18-16-40(17-19-41)31(43)22-12-14-39(15-13-22)29-11-10-28(37-38-29)30(42)36-24-5-8-25(9-6-24)45-26-7-4-23(21-35)27(34)20-26/h4,7,10-11,20,22,24-25H,5-6,8-9,12-19H2,1-3H3,(H,36,42). The third kappa shape index (κ3) is 8.57. The maximum Gasteiger partial charge on any atom is 0.410 e. The van der Waals surface area contributed by atoms with E-state index < -0.39 is 5.60 Å². The predicted octanol–water partition coefficient (Wildman–Crippen LogP) is 4.42. The fraction of sp³-hybridized carbons (Fsp3) is 0.576. The molecule has 3 aliphatic rings. The van der Waals surface area contributed by atoms with Crippen LogP contribution in [0.15, 0.2) is 30.3 Å². The number of hydrogen-bond acceptors (Lipinski definition) is 9. The lowest BCUT2D eigenvalue weighted by atomic mass is 9.92. The Morgan fingerprint density at radius 2 is 1.59 bits per heavy atom. The van der Waals surface area contributed by atoms with Crippen molar-refractivity contribution >= 4 is 35.3 Å². The minimum absolute atomic E-state index is 0.0186. The summed E-state index contributed by atoms with van der Waals surface area (Å²) in [6, 6.07) is 10.6. The number of carbonyl (C=O) groups excluding carboxylic acids is 3. The Labute approximate surface area is 275 Å². The zero-order chi connectivity index (χ0) is 32.8. The van der Waals surface area contributed by atoms with Gasteiger partial charge in [0.1, 0.15) is 17.4 Å². The summed E-state index contributed by atoms with van der Waals surface area (Å²) in [7, 11) is 0. The molecular formula is C33H42ClN7O5. The highest BCUT2D eigenvalue weighted by atomic mass is 35.5. The van der Waals surface area contributed by atoms with Gasteiger partial charge in [-0.05, 0) is 83.6 Å². The number of amides is 3. The van der Waals surface area contributed by atoms with Crippen LogP contribution < -0.4 is 15.0 Å². The largest absolute Gasteiger partial charge is 0.490 e. The molecule has 3 amide bonds. The Morgan fingerprint density at radius 1 is 0.913 bits per heavy atom. The normalized spacial score (nSPS) is 20.9. The smallest absolute Gasteiger partial charge is 0.410 e. The topological polar surface area (TPSA) is 141 Å². The number of piperidine rings is 1. The molecule has 2 saturated heterocycles. The van der Waals surface area contributed by atoms with Crippen molar-refractivity contribution in [1.82, 2.24) is 25.3 Å². The van der Waals surface area contributed by atoms with Crippen molar-refractivity contribution in [3.05, 3.63) is 46.6 Å². The number of benzene rings is 1. The highest BCUT2D eigenvalue weighted by molar-refractivity contribution is 6.31. The molecule has 2 aliphatic heterocycles. The van der Waals surface area contributed by atoms with Crippen LogP contribution in [0.25, 0.3) is 0 Å². The second kappa shape index (κ2) is 14.5. The third-order valence-electron chi connectivity index (χ3n) is 8.67. The van der Waals surface area contributed by atoms with Gasteiger partial charge in [0, 0.05) is 57.3 Å². The van der Waals surface area contributed by atoms with E-state index in [9.17, 15) is 14.4 Å². The van der Waals surface area contributed by atoms with Crippen LogP contribution in [0.3, 0.4) is 0 Å². The molecule has 3 fully saturated rings. The lowest BCUT2D eigenvalue weighted by Gasteiger charge is -2.39. The van der Waals surface area contributed by atoms with Crippen LogP contribution in [0.4, 0.5) is 10.6 Å². The first kappa shape index (κ1) is 33.3. The molecule has 46 heavy (non-hydrogen) atoms. The molecule has 0 unspecified atom stereocenters. The second-order valence-corrected chi connectivity index (χ2v) is 13.6. The van der Waals surface area contributed by atoms with E-state index in [1.54, 1.807) is 29.2 Å². The van der Waals surface area contributed by atoms with Crippen LogP contribution in [0.5, 0.6) is 5.75 Å². The van der Waals surface area contributed by atoms with E-state index in [1.165, 1.54) is 0 Å². The van der Waals surface area contributed by atoms with Crippen LogP contribution in [0.1, 0.15) is 75.3 Å². The Bertz CT molecular complexity index is 1430. The maximum absolute atomic E-state index is 13.2. The highest BCUT2D eigenvalue weighted by Gasteiger charge is 2.33. The summed E-state index contributed by atoms with van der Waals surface area (Å²) in [5, 5.41) is 21.0. The minimum Gasteiger partial charge on any atom is -0.490 e. The third-order valence-corrected chi connectivity index (χ3v) is 8.98. The molecule has 12 nitrogen and oxygen atoms in total. The van der Waals surface area contributed by atoms with Gasteiger partial charge in [0.25, 0.3) is 5.91 Å². The molecule has 0 radical (unpaired) electrons. The fourth-order valence-corrected chi connectivity index (χ4v) is 6.31. The molecule has 1 saturated carbocycles. The molecule has 3 heterocycles. The molecule has 13 heteroatoms. The summed E-state index contributed by atoms with van der Waals surface area (Å²) < 4.78 is 11.5. The van der Waals surface area contributed by atoms with Crippen molar-refractivity contribution < 1.29 is 23.9 Å². The SMILES string of the molecule is CC(C)(C)OC(=O)N1CCN(C(=O)C2CCN(c3ccc(C(=O)NC4CCC(Oc5ccc(C#N)c(Cl)c5)CC4)nn3)CC2)CC1. The second-order valence-electron chi connectivity index (χ2n) is 13.1. The summed E-state index contributed by atoms with van der Waals surface area (Å²) in [6.07, 6.45) is 4.22. The first-order valence-corrected chi connectivity index (χ1v) is 16.4. The predicted molar refractivity (Wildman–Crippen MR) is 172 cm³/mol. The number of nitrogens with one attached hydrogen (secondary N) is 1. The number of ether oxygens (including phenoxy) is 2. The number of anilines is 1.